The maximum atomic E-state index is 10.5. The number of aliphatic carboxylic acids is 1. The van der Waals surface area contributed by atoms with E-state index < -0.39 is 18.2 Å². The van der Waals surface area contributed by atoms with Gasteiger partial charge in [0.2, 0.25) is 0 Å². The Morgan fingerprint density at radius 1 is 1.44 bits per heavy atom. The Morgan fingerprint density at radius 3 is 2.56 bits per heavy atom. The van der Waals surface area contributed by atoms with Gasteiger partial charge in [-0.15, -0.1) is 0 Å². The molecule has 16 heavy (non-hydrogen) atoms. The van der Waals surface area contributed by atoms with E-state index >= 15 is 0 Å². The summed E-state index contributed by atoms with van der Waals surface area (Å²) in [6, 6.07) is 4.70. The second kappa shape index (κ2) is 4.96. The lowest BCUT2D eigenvalue weighted by molar-refractivity contribution is -0.153. The van der Waals surface area contributed by atoms with Crippen LogP contribution in [0.2, 0.25) is 0 Å². The van der Waals surface area contributed by atoms with Crippen LogP contribution >= 0.6 is 0 Å². The summed E-state index contributed by atoms with van der Waals surface area (Å²) < 4.78 is 0. The molecule has 0 aliphatic carbocycles. The van der Waals surface area contributed by atoms with Crippen molar-refractivity contribution >= 4 is 11.7 Å². The van der Waals surface area contributed by atoms with E-state index in [2.05, 4.69) is 0 Å². The Balaban J connectivity index is 3.00. The zero-order chi connectivity index (χ0) is 12.3. The van der Waals surface area contributed by atoms with E-state index in [4.69, 9.17) is 10.8 Å². The van der Waals surface area contributed by atoms with Gasteiger partial charge in [-0.3, -0.25) is 0 Å². The quantitative estimate of drug-likeness (QED) is 0.552. The summed E-state index contributed by atoms with van der Waals surface area (Å²) in [7, 11) is 0. The third-order valence-electron chi connectivity index (χ3n) is 2.44. The van der Waals surface area contributed by atoms with Crippen molar-refractivity contribution < 1.29 is 20.1 Å². The second-order valence-electron chi connectivity index (χ2n) is 3.54. The van der Waals surface area contributed by atoms with Crippen molar-refractivity contribution in [1.82, 2.24) is 0 Å². The van der Waals surface area contributed by atoms with Gasteiger partial charge in [0, 0.05) is 5.69 Å². The Kier molecular flexibility index (Phi) is 3.87. The van der Waals surface area contributed by atoms with Crippen LogP contribution in [0.15, 0.2) is 18.2 Å². The molecule has 88 valence electrons. The normalized spacial score (nSPS) is 14.4. The van der Waals surface area contributed by atoms with E-state index in [1.165, 1.54) is 6.07 Å². The number of hydrogen-bond donors (Lipinski definition) is 4. The summed E-state index contributed by atoms with van der Waals surface area (Å²) >= 11 is 0. The van der Waals surface area contributed by atoms with E-state index in [0.29, 0.717) is 17.7 Å². The molecule has 5 N–H and O–H groups in total. The minimum Gasteiger partial charge on any atom is -0.479 e. The lowest BCUT2D eigenvalue weighted by Gasteiger charge is -2.15. The number of anilines is 1. The molecule has 0 amide bonds. The molecule has 1 aromatic carbocycles. The summed E-state index contributed by atoms with van der Waals surface area (Å²) in [5, 5.41) is 27.4. The molecule has 0 radical (unpaired) electrons. The van der Waals surface area contributed by atoms with Crippen molar-refractivity contribution in [2.75, 3.05) is 5.73 Å². The van der Waals surface area contributed by atoms with Crippen LogP contribution in [0.5, 0.6) is 0 Å². The molecule has 0 aliphatic heterocycles. The van der Waals surface area contributed by atoms with Crippen LogP contribution in [0.25, 0.3) is 0 Å². The highest BCUT2D eigenvalue weighted by molar-refractivity contribution is 5.73. The Bertz CT molecular complexity index is 392. The van der Waals surface area contributed by atoms with Crippen LogP contribution in [0.4, 0.5) is 5.69 Å². The van der Waals surface area contributed by atoms with Crippen LogP contribution in [-0.4, -0.2) is 27.4 Å². The van der Waals surface area contributed by atoms with Gasteiger partial charge in [0.1, 0.15) is 6.10 Å². The molecule has 0 aliphatic rings. The Morgan fingerprint density at radius 2 is 2.06 bits per heavy atom. The van der Waals surface area contributed by atoms with E-state index in [1.54, 1.807) is 12.1 Å². The van der Waals surface area contributed by atoms with Crippen molar-refractivity contribution in [3.8, 4) is 0 Å². The molecule has 1 rings (SSSR count). The molecule has 5 heteroatoms. The minimum absolute atomic E-state index is 0.348. The number of benzene rings is 1. The predicted octanol–water partition coefficient (Wildman–Crippen LogP) is 0.310. The first-order chi connectivity index (χ1) is 7.47. The van der Waals surface area contributed by atoms with Gasteiger partial charge in [0.15, 0.2) is 6.10 Å². The monoisotopic (exact) mass is 225 g/mol. The average Bonchev–Trinajstić information content (AvgIpc) is 2.27. The van der Waals surface area contributed by atoms with E-state index in [9.17, 15) is 15.0 Å². The maximum Gasteiger partial charge on any atom is 0.335 e. The molecule has 2 unspecified atom stereocenters. The summed E-state index contributed by atoms with van der Waals surface area (Å²) in [5.74, 6) is -1.46. The first kappa shape index (κ1) is 12.5. The fraction of sp³-hybridized carbons (Fsp3) is 0.364. The van der Waals surface area contributed by atoms with E-state index in [-0.39, 0.29) is 0 Å². The van der Waals surface area contributed by atoms with Gasteiger partial charge in [0.05, 0.1) is 0 Å². The lowest BCUT2D eigenvalue weighted by atomic mass is 10.00. The van der Waals surface area contributed by atoms with Gasteiger partial charge < -0.3 is 21.1 Å². The summed E-state index contributed by atoms with van der Waals surface area (Å²) in [4.78, 5) is 10.5. The number of carbonyl (C=O) groups is 1. The second-order valence-corrected chi connectivity index (χ2v) is 3.54. The molecule has 5 nitrogen and oxygen atoms in total. The number of aliphatic hydroxyl groups excluding tert-OH is 2. The number of rotatable bonds is 4. The number of nitrogens with two attached hydrogens (primary N) is 1. The van der Waals surface area contributed by atoms with Crippen molar-refractivity contribution in [2.24, 2.45) is 0 Å². The van der Waals surface area contributed by atoms with E-state index in [1.807, 2.05) is 6.92 Å². The summed E-state index contributed by atoms with van der Waals surface area (Å²) in [6.07, 6.45) is -2.59. The minimum atomic E-state index is -1.83. The number of carboxylic acid groups (broad SMARTS) is 1. The number of hydrogen-bond acceptors (Lipinski definition) is 4. The van der Waals surface area contributed by atoms with Crippen LogP contribution in [-0.2, 0) is 11.2 Å². The molecule has 0 spiro atoms. The number of carboxylic acids is 1. The van der Waals surface area contributed by atoms with Crippen LogP contribution < -0.4 is 5.73 Å². The van der Waals surface area contributed by atoms with Gasteiger partial charge in [-0.05, 0) is 23.6 Å². The molecule has 0 heterocycles. The fourth-order valence-corrected chi connectivity index (χ4v) is 1.43. The van der Waals surface area contributed by atoms with Crippen molar-refractivity contribution in [3.63, 3.8) is 0 Å². The third kappa shape index (κ3) is 2.50. The standard InChI is InChI=1S/C11H15NO4/c1-2-6-5-7(3-4-8(6)12)9(13)10(14)11(15)16/h3-5,9-10,13-14H,2,12H2,1H3,(H,15,16). The van der Waals surface area contributed by atoms with Gasteiger partial charge in [0.25, 0.3) is 0 Å². The molecular formula is C11H15NO4. The smallest absolute Gasteiger partial charge is 0.335 e. The highest BCUT2D eigenvalue weighted by Gasteiger charge is 2.25. The van der Waals surface area contributed by atoms with Crippen molar-refractivity contribution in [1.29, 1.82) is 0 Å². The van der Waals surface area contributed by atoms with Crippen LogP contribution in [0.1, 0.15) is 24.2 Å². The first-order valence-corrected chi connectivity index (χ1v) is 4.94. The zero-order valence-electron chi connectivity index (χ0n) is 8.92. The third-order valence-corrected chi connectivity index (χ3v) is 2.44. The van der Waals surface area contributed by atoms with Gasteiger partial charge >= 0.3 is 5.97 Å². The van der Waals surface area contributed by atoms with Gasteiger partial charge in [-0.2, -0.15) is 0 Å². The first-order valence-electron chi connectivity index (χ1n) is 4.94. The Labute approximate surface area is 93.1 Å². The number of aliphatic hydroxyl groups is 2. The topological polar surface area (TPSA) is 104 Å². The molecule has 0 saturated carbocycles. The highest BCUT2D eigenvalue weighted by Crippen LogP contribution is 2.22. The largest absolute Gasteiger partial charge is 0.479 e. The molecule has 0 saturated heterocycles. The lowest BCUT2D eigenvalue weighted by Crippen LogP contribution is -2.27. The molecular weight excluding hydrogens is 210 g/mol. The molecule has 2 atom stereocenters. The molecule has 1 aromatic rings. The van der Waals surface area contributed by atoms with Crippen LogP contribution in [0.3, 0.4) is 0 Å². The van der Waals surface area contributed by atoms with E-state index in [0.717, 1.165) is 5.56 Å². The zero-order valence-corrected chi connectivity index (χ0v) is 8.92. The predicted molar refractivity (Wildman–Crippen MR) is 58.8 cm³/mol. The van der Waals surface area contributed by atoms with Gasteiger partial charge in [-0.1, -0.05) is 19.1 Å². The number of aryl methyl sites for hydroxylation is 1. The van der Waals surface area contributed by atoms with Crippen molar-refractivity contribution in [3.05, 3.63) is 29.3 Å². The fourth-order valence-electron chi connectivity index (χ4n) is 1.43. The Hall–Kier alpha value is -1.59. The molecule has 0 fully saturated rings. The SMILES string of the molecule is CCc1cc(C(O)C(O)C(=O)O)ccc1N. The molecule has 0 aromatic heterocycles. The maximum absolute atomic E-state index is 10.5. The summed E-state index contributed by atoms with van der Waals surface area (Å²) in [6.45, 7) is 1.90. The van der Waals surface area contributed by atoms with Crippen LogP contribution in [0, 0.1) is 0 Å². The highest BCUT2D eigenvalue weighted by atomic mass is 16.4. The number of nitrogen functional groups attached to an aromatic ring is 1. The van der Waals surface area contributed by atoms with Crippen molar-refractivity contribution in [2.45, 2.75) is 25.6 Å². The summed E-state index contributed by atoms with van der Waals surface area (Å²) in [5.41, 5.74) is 7.42. The molecule has 0 bridgehead atoms. The average molecular weight is 225 g/mol. The van der Waals surface area contributed by atoms with Gasteiger partial charge in [-0.25, -0.2) is 4.79 Å².